The van der Waals surface area contributed by atoms with Crippen LogP contribution in [-0.2, 0) is 16.0 Å². The van der Waals surface area contributed by atoms with E-state index in [-0.39, 0.29) is 28.2 Å². The van der Waals surface area contributed by atoms with E-state index in [2.05, 4.69) is 10.4 Å². The number of esters is 2. The van der Waals surface area contributed by atoms with Gasteiger partial charge in [-0.2, -0.15) is 5.10 Å². The molecule has 0 saturated carbocycles. The highest BCUT2D eigenvalue weighted by molar-refractivity contribution is 7.18. The average molecular weight is 393 g/mol. The molecule has 0 unspecified atom stereocenters. The van der Waals surface area contributed by atoms with E-state index in [1.807, 2.05) is 6.92 Å². The molecule has 0 atom stereocenters. The second-order valence-electron chi connectivity index (χ2n) is 5.97. The second kappa shape index (κ2) is 8.81. The molecule has 0 aliphatic carbocycles. The SMILES string of the molecule is CCOC(=O)c1sc(NC(=O)c2cnn(CC)c2)c(C(=O)OC(C)C)c1C. The summed E-state index contributed by atoms with van der Waals surface area (Å²) in [7, 11) is 0. The molecule has 27 heavy (non-hydrogen) atoms. The van der Waals surface area contributed by atoms with Gasteiger partial charge in [-0.05, 0) is 40.2 Å². The Hall–Kier alpha value is -2.68. The molecule has 0 fully saturated rings. The molecule has 2 aromatic rings. The van der Waals surface area contributed by atoms with E-state index in [0.29, 0.717) is 17.7 Å². The number of aromatic nitrogens is 2. The molecular weight excluding hydrogens is 370 g/mol. The van der Waals surface area contributed by atoms with E-state index >= 15 is 0 Å². The van der Waals surface area contributed by atoms with Gasteiger partial charge in [0.1, 0.15) is 9.88 Å². The summed E-state index contributed by atoms with van der Waals surface area (Å²) in [6.45, 7) is 9.52. The van der Waals surface area contributed by atoms with Crippen molar-refractivity contribution in [3.8, 4) is 0 Å². The Morgan fingerprint density at radius 2 is 1.96 bits per heavy atom. The van der Waals surface area contributed by atoms with Gasteiger partial charge in [-0.1, -0.05) is 0 Å². The van der Waals surface area contributed by atoms with Crippen LogP contribution >= 0.6 is 11.3 Å². The molecule has 0 saturated heterocycles. The zero-order valence-electron chi connectivity index (χ0n) is 16.0. The Morgan fingerprint density at radius 3 is 2.52 bits per heavy atom. The number of ether oxygens (including phenoxy) is 2. The zero-order chi connectivity index (χ0) is 20.1. The van der Waals surface area contributed by atoms with E-state index in [1.54, 1.807) is 38.6 Å². The predicted octanol–water partition coefficient (Wildman–Crippen LogP) is 3.27. The van der Waals surface area contributed by atoms with Gasteiger partial charge in [0.2, 0.25) is 0 Å². The lowest BCUT2D eigenvalue weighted by molar-refractivity contribution is 0.0379. The lowest BCUT2D eigenvalue weighted by Gasteiger charge is -2.10. The van der Waals surface area contributed by atoms with Crippen LogP contribution in [0.2, 0.25) is 0 Å². The van der Waals surface area contributed by atoms with Gasteiger partial charge in [0.05, 0.1) is 30.0 Å². The van der Waals surface area contributed by atoms with Crippen LogP contribution in [0.4, 0.5) is 5.00 Å². The summed E-state index contributed by atoms with van der Waals surface area (Å²) in [6.07, 6.45) is 2.71. The fourth-order valence-electron chi connectivity index (χ4n) is 2.34. The standard InChI is InChI=1S/C18H23N3O5S/c1-6-21-9-12(8-19-21)15(22)20-16-13(17(23)26-10(3)4)11(5)14(27-16)18(24)25-7-2/h8-10H,6-7H2,1-5H3,(H,20,22). The van der Waals surface area contributed by atoms with Gasteiger partial charge in [-0.3, -0.25) is 9.48 Å². The first-order valence-electron chi connectivity index (χ1n) is 8.63. The van der Waals surface area contributed by atoms with Crippen molar-refractivity contribution < 1.29 is 23.9 Å². The number of carbonyl (C=O) groups excluding carboxylic acids is 3. The van der Waals surface area contributed by atoms with Crippen LogP contribution in [0, 0.1) is 6.92 Å². The summed E-state index contributed by atoms with van der Waals surface area (Å²) in [4.78, 5) is 37.5. The Labute approximate surface area is 161 Å². The Balaban J connectivity index is 2.39. The molecule has 0 aromatic carbocycles. The van der Waals surface area contributed by atoms with Crippen molar-refractivity contribution in [2.45, 2.75) is 47.3 Å². The Morgan fingerprint density at radius 1 is 1.26 bits per heavy atom. The number of hydrogen-bond donors (Lipinski definition) is 1. The number of aryl methyl sites for hydroxylation is 1. The largest absolute Gasteiger partial charge is 0.462 e. The highest BCUT2D eigenvalue weighted by Gasteiger charge is 2.28. The van der Waals surface area contributed by atoms with Crippen molar-refractivity contribution in [1.82, 2.24) is 9.78 Å². The molecule has 8 nitrogen and oxygen atoms in total. The van der Waals surface area contributed by atoms with Crippen molar-refractivity contribution >= 4 is 34.2 Å². The van der Waals surface area contributed by atoms with Crippen molar-refractivity contribution in [2.24, 2.45) is 0 Å². The topological polar surface area (TPSA) is 99.5 Å². The van der Waals surface area contributed by atoms with Crippen LogP contribution in [-0.4, -0.2) is 40.3 Å². The van der Waals surface area contributed by atoms with Gasteiger partial charge >= 0.3 is 11.9 Å². The van der Waals surface area contributed by atoms with E-state index < -0.39 is 17.8 Å². The summed E-state index contributed by atoms with van der Waals surface area (Å²) < 4.78 is 11.9. The lowest BCUT2D eigenvalue weighted by atomic mass is 10.1. The van der Waals surface area contributed by atoms with Crippen LogP contribution in [0.1, 0.15) is 63.6 Å². The van der Waals surface area contributed by atoms with Crippen LogP contribution < -0.4 is 5.32 Å². The molecule has 1 amide bonds. The molecule has 9 heteroatoms. The normalized spacial score (nSPS) is 10.7. The maximum atomic E-state index is 12.5. The minimum Gasteiger partial charge on any atom is -0.462 e. The van der Waals surface area contributed by atoms with Crippen molar-refractivity contribution in [2.75, 3.05) is 11.9 Å². The molecular formula is C18H23N3O5S. The monoisotopic (exact) mass is 393 g/mol. The molecule has 0 spiro atoms. The zero-order valence-corrected chi connectivity index (χ0v) is 16.8. The van der Waals surface area contributed by atoms with E-state index in [9.17, 15) is 14.4 Å². The fraction of sp³-hybridized carbons (Fsp3) is 0.444. The molecule has 0 radical (unpaired) electrons. The van der Waals surface area contributed by atoms with Crippen molar-refractivity contribution in [1.29, 1.82) is 0 Å². The van der Waals surface area contributed by atoms with Crippen molar-refractivity contribution in [3.63, 3.8) is 0 Å². The fourth-order valence-corrected chi connectivity index (χ4v) is 3.42. The third-order valence-electron chi connectivity index (χ3n) is 3.60. The maximum absolute atomic E-state index is 12.5. The van der Waals surface area contributed by atoms with Gasteiger partial charge in [0.25, 0.3) is 5.91 Å². The summed E-state index contributed by atoms with van der Waals surface area (Å²) in [5, 5.41) is 7.00. The number of carbonyl (C=O) groups is 3. The quantitative estimate of drug-likeness (QED) is 0.725. The van der Waals surface area contributed by atoms with E-state index in [0.717, 1.165) is 11.3 Å². The number of rotatable bonds is 7. The predicted molar refractivity (Wildman–Crippen MR) is 101 cm³/mol. The van der Waals surface area contributed by atoms with Gasteiger partial charge in [-0.25, -0.2) is 9.59 Å². The highest BCUT2D eigenvalue weighted by atomic mass is 32.1. The van der Waals surface area contributed by atoms with Gasteiger partial charge < -0.3 is 14.8 Å². The first-order chi connectivity index (χ1) is 12.8. The van der Waals surface area contributed by atoms with Gasteiger partial charge in [0, 0.05) is 12.7 Å². The Kier molecular flexibility index (Phi) is 6.73. The van der Waals surface area contributed by atoms with Crippen LogP contribution in [0.5, 0.6) is 0 Å². The number of thiophene rings is 1. The first-order valence-corrected chi connectivity index (χ1v) is 9.45. The minimum absolute atomic E-state index is 0.160. The number of anilines is 1. The molecule has 2 rings (SSSR count). The summed E-state index contributed by atoms with van der Waals surface area (Å²) >= 11 is 0.991. The smallest absolute Gasteiger partial charge is 0.348 e. The third kappa shape index (κ3) is 4.73. The highest BCUT2D eigenvalue weighted by Crippen LogP contribution is 2.34. The van der Waals surface area contributed by atoms with Gasteiger partial charge in [0.15, 0.2) is 0 Å². The molecule has 2 heterocycles. The number of nitrogens with zero attached hydrogens (tertiary/aromatic N) is 2. The number of amides is 1. The average Bonchev–Trinajstić information content (AvgIpc) is 3.19. The third-order valence-corrected chi connectivity index (χ3v) is 4.79. The first kappa shape index (κ1) is 20.6. The lowest BCUT2D eigenvalue weighted by Crippen LogP contribution is -2.16. The maximum Gasteiger partial charge on any atom is 0.348 e. The van der Waals surface area contributed by atoms with E-state index in [1.165, 1.54) is 6.20 Å². The van der Waals surface area contributed by atoms with Crippen LogP contribution in [0.25, 0.3) is 0 Å². The van der Waals surface area contributed by atoms with Crippen molar-refractivity contribution in [3.05, 3.63) is 34.0 Å². The van der Waals surface area contributed by atoms with Gasteiger partial charge in [-0.15, -0.1) is 11.3 Å². The molecule has 0 aliphatic rings. The van der Waals surface area contributed by atoms with E-state index in [4.69, 9.17) is 9.47 Å². The van der Waals surface area contributed by atoms with Crippen LogP contribution in [0.3, 0.4) is 0 Å². The summed E-state index contributed by atoms with van der Waals surface area (Å²) in [5.74, 6) is -1.57. The number of hydrogen-bond acceptors (Lipinski definition) is 7. The molecule has 0 aliphatic heterocycles. The number of nitrogens with one attached hydrogen (secondary N) is 1. The molecule has 146 valence electrons. The summed E-state index contributed by atoms with van der Waals surface area (Å²) in [5.41, 5.74) is 0.931. The minimum atomic E-state index is -0.603. The van der Waals surface area contributed by atoms with Crippen LogP contribution in [0.15, 0.2) is 12.4 Å². The summed E-state index contributed by atoms with van der Waals surface area (Å²) in [6, 6.07) is 0. The molecule has 1 N–H and O–H groups in total. The molecule has 2 aromatic heterocycles. The second-order valence-corrected chi connectivity index (χ2v) is 6.99. The molecule has 0 bridgehead atoms. The Bertz CT molecular complexity index is 853.